The van der Waals surface area contributed by atoms with Crippen molar-refractivity contribution >= 4 is 17.5 Å². The van der Waals surface area contributed by atoms with Gasteiger partial charge in [0.25, 0.3) is 5.91 Å². The third-order valence-electron chi connectivity index (χ3n) is 2.62. The van der Waals surface area contributed by atoms with Crippen LogP contribution < -0.4 is 5.32 Å². The highest BCUT2D eigenvalue weighted by atomic mass is 35.5. The molecule has 0 aromatic carbocycles. The zero-order valence-electron chi connectivity index (χ0n) is 8.95. The molecule has 1 fully saturated rings. The van der Waals surface area contributed by atoms with Gasteiger partial charge in [0.15, 0.2) is 0 Å². The second kappa shape index (κ2) is 5.25. The van der Waals surface area contributed by atoms with Gasteiger partial charge in [0, 0.05) is 6.54 Å². The van der Waals surface area contributed by atoms with Crippen LogP contribution in [0.3, 0.4) is 0 Å². The van der Waals surface area contributed by atoms with Crippen LogP contribution in [-0.2, 0) is 0 Å². The minimum atomic E-state index is -0.181. The van der Waals surface area contributed by atoms with Crippen LogP contribution in [0, 0.1) is 5.92 Å². The van der Waals surface area contributed by atoms with E-state index in [0.717, 1.165) is 12.3 Å². The maximum absolute atomic E-state index is 11.6. The van der Waals surface area contributed by atoms with Gasteiger partial charge in [-0.15, -0.1) is 0 Å². The normalized spacial score (nSPS) is 14.8. The summed E-state index contributed by atoms with van der Waals surface area (Å²) in [5.74, 6) is 0.729. The summed E-state index contributed by atoms with van der Waals surface area (Å²) < 4.78 is 0. The van der Waals surface area contributed by atoms with Gasteiger partial charge in [0.05, 0.1) is 12.4 Å². The number of carbonyl (C=O) groups excluding carboxylic acids is 1. The molecule has 1 saturated carbocycles. The van der Waals surface area contributed by atoms with Crippen molar-refractivity contribution in [2.75, 3.05) is 6.54 Å². The lowest BCUT2D eigenvalue weighted by Crippen LogP contribution is -2.25. The molecule has 0 atom stereocenters. The summed E-state index contributed by atoms with van der Waals surface area (Å²) in [4.78, 5) is 19.3. The average molecular weight is 240 g/mol. The topological polar surface area (TPSA) is 54.9 Å². The number of hydrogen-bond donors (Lipinski definition) is 1. The van der Waals surface area contributed by atoms with E-state index in [-0.39, 0.29) is 5.91 Å². The van der Waals surface area contributed by atoms with Crippen molar-refractivity contribution in [3.8, 4) is 0 Å². The van der Waals surface area contributed by atoms with E-state index in [4.69, 9.17) is 11.6 Å². The SMILES string of the molecule is O=C(NCCCC1CC1)c1cnc(Cl)cn1. The van der Waals surface area contributed by atoms with Crippen molar-refractivity contribution in [3.63, 3.8) is 0 Å². The quantitative estimate of drug-likeness (QED) is 0.801. The Morgan fingerprint density at radius 2 is 2.25 bits per heavy atom. The van der Waals surface area contributed by atoms with Crippen molar-refractivity contribution < 1.29 is 4.79 Å². The Morgan fingerprint density at radius 3 is 2.88 bits per heavy atom. The Kier molecular flexibility index (Phi) is 3.72. The lowest BCUT2D eigenvalue weighted by Gasteiger charge is -2.03. The maximum atomic E-state index is 11.6. The van der Waals surface area contributed by atoms with Crippen LogP contribution in [-0.4, -0.2) is 22.4 Å². The molecule has 0 aliphatic heterocycles. The summed E-state index contributed by atoms with van der Waals surface area (Å²) in [6, 6.07) is 0. The van der Waals surface area contributed by atoms with Crippen molar-refractivity contribution in [3.05, 3.63) is 23.2 Å². The summed E-state index contributed by atoms with van der Waals surface area (Å²) in [6.07, 6.45) is 7.73. The molecule has 16 heavy (non-hydrogen) atoms. The summed E-state index contributed by atoms with van der Waals surface area (Å²) >= 11 is 5.58. The van der Waals surface area contributed by atoms with Gasteiger partial charge in [0.1, 0.15) is 10.8 Å². The zero-order valence-corrected chi connectivity index (χ0v) is 9.70. The lowest BCUT2D eigenvalue weighted by atomic mass is 10.2. The molecule has 0 unspecified atom stereocenters. The van der Waals surface area contributed by atoms with Gasteiger partial charge in [-0.25, -0.2) is 9.97 Å². The molecule has 1 aliphatic carbocycles. The first-order valence-electron chi connectivity index (χ1n) is 5.51. The van der Waals surface area contributed by atoms with E-state index in [1.54, 1.807) is 0 Å². The van der Waals surface area contributed by atoms with E-state index >= 15 is 0 Å². The molecule has 1 aromatic rings. The van der Waals surface area contributed by atoms with Gasteiger partial charge in [-0.1, -0.05) is 24.4 Å². The van der Waals surface area contributed by atoms with Crippen LogP contribution in [0.5, 0.6) is 0 Å². The standard InChI is InChI=1S/C11H14ClN3O/c12-10-7-14-9(6-15-10)11(16)13-5-1-2-8-3-4-8/h6-8H,1-5H2,(H,13,16). The third kappa shape index (κ3) is 3.45. The average Bonchev–Trinajstić information content (AvgIpc) is 3.09. The fourth-order valence-corrected chi connectivity index (χ4v) is 1.62. The minimum Gasteiger partial charge on any atom is -0.351 e. The van der Waals surface area contributed by atoms with Crippen LogP contribution in [0.15, 0.2) is 12.4 Å². The molecule has 0 saturated heterocycles. The van der Waals surface area contributed by atoms with Gasteiger partial charge in [-0.2, -0.15) is 0 Å². The Morgan fingerprint density at radius 1 is 1.44 bits per heavy atom. The first kappa shape index (κ1) is 11.3. The van der Waals surface area contributed by atoms with Crippen LogP contribution in [0.4, 0.5) is 0 Å². The molecular formula is C11H14ClN3O. The number of hydrogen-bond acceptors (Lipinski definition) is 3. The Hall–Kier alpha value is -1.16. The lowest BCUT2D eigenvalue weighted by molar-refractivity contribution is 0.0947. The Bertz CT molecular complexity index is 362. The first-order valence-corrected chi connectivity index (χ1v) is 5.89. The molecule has 1 aliphatic rings. The summed E-state index contributed by atoms with van der Waals surface area (Å²) in [5.41, 5.74) is 0.316. The monoisotopic (exact) mass is 239 g/mol. The van der Waals surface area contributed by atoms with E-state index in [1.165, 1.54) is 31.7 Å². The number of nitrogens with one attached hydrogen (secondary N) is 1. The smallest absolute Gasteiger partial charge is 0.271 e. The molecule has 1 N–H and O–H groups in total. The fraction of sp³-hybridized carbons (Fsp3) is 0.545. The van der Waals surface area contributed by atoms with E-state index in [1.807, 2.05) is 0 Å². The molecule has 1 aromatic heterocycles. The molecule has 1 amide bonds. The van der Waals surface area contributed by atoms with Crippen LogP contribution in [0.25, 0.3) is 0 Å². The second-order valence-corrected chi connectivity index (χ2v) is 4.45. The number of halogens is 1. The van der Waals surface area contributed by atoms with E-state index in [0.29, 0.717) is 17.4 Å². The van der Waals surface area contributed by atoms with Gasteiger partial charge in [0.2, 0.25) is 0 Å². The minimum absolute atomic E-state index is 0.181. The van der Waals surface area contributed by atoms with Gasteiger partial charge in [-0.05, 0) is 18.8 Å². The molecule has 1 heterocycles. The number of carbonyl (C=O) groups is 1. The van der Waals surface area contributed by atoms with Gasteiger partial charge >= 0.3 is 0 Å². The zero-order chi connectivity index (χ0) is 11.4. The highest BCUT2D eigenvalue weighted by Crippen LogP contribution is 2.33. The van der Waals surface area contributed by atoms with Crippen molar-refractivity contribution in [1.82, 2.24) is 15.3 Å². The third-order valence-corrected chi connectivity index (χ3v) is 2.82. The highest BCUT2D eigenvalue weighted by molar-refractivity contribution is 6.29. The maximum Gasteiger partial charge on any atom is 0.271 e. The summed E-state index contributed by atoms with van der Waals surface area (Å²) in [5, 5.41) is 3.11. The van der Waals surface area contributed by atoms with Crippen molar-refractivity contribution in [1.29, 1.82) is 0 Å². The Balaban J connectivity index is 1.71. The number of aromatic nitrogens is 2. The van der Waals surface area contributed by atoms with Crippen LogP contribution >= 0.6 is 11.6 Å². The number of amides is 1. The molecule has 86 valence electrons. The van der Waals surface area contributed by atoms with E-state index in [9.17, 15) is 4.79 Å². The van der Waals surface area contributed by atoms with Crippen LogP contribution in [0.2, 0.25) is 5.15 Å². The Labute approximate surface area is 99.4 Å². The highest BCUT2D eigenvalue weighted by Gasteiger charge is 2.20. The molecule has 0 bridgehead atoms. The van der Waals surface area contributed by atoms with Crippen molar-refractivity contribution in [2.45, 2.75) is 25.7 Å². The van der Waals surface area contributed by atoms with E-state index in [2.05, 4.69) is 15.3 Å². The van der Waals surface area contributed by atoms with Crippen molar-refractivity contribution in [2.24, 2.45) is 5.92 Å². The molecule has 0 radical (unpaired) electrons. The van der Waals surface area contributed by atoms with Gasteiger partial charge in [-0.3, -0.25) is 4.79 Å². The van der Waals surface area contributed by atoms with Crippen LogP contribution in [0.1, 0.15) is 36.2 Å². The molecule has 5 heteroatoms. The number of rotatable bonds is 5. The molecule has 4 nitrogen and oxygen atoms in total. The van der Waals surface area contributed by atoms with Gasteiger partial charge < -0.3 is 5.32 Å². The predicted molar refractivity (Wildman–Crippen MR) is 61.3 cm³/mol. The summed E-state index contributed by atoms with van der Waals surface area (Å²) in [7, 11) is 0. The van der Waals surface area contributed by atoms with E-state index < -0.39 is 0 Å². The largest absolute Gasteiger partial charge is 0.351 e. The fourth-order valence-electron chi connectivity index (χ4n) is 1.52. The summed E-state index contributed by atoms with van der Waals surface area (Å²) in [6.45, 7) is 0.708. The first-order chi connectivity index (χ1) is 7.75. The molecule has 0 spiro atoms. The second-order valence-electron chi connectivity index (χ2n) is 4.07. The molecule has 2 rings (SSSR count). The number of nitrogens with zero attached hydrogens (tertiary/aromatic N) is 2. The molecular weight excluding hydrogens is 226 g/mol. The predicted octanol–water partition coefficient (Wildman–Crippen LogP) is 2.05.